The van der Waals surface area contributed by atoms with Crippen molar-refractivity contribution in [2.45, 2.75) is 6.54 Å². The number of nitrogens with zero attached hydrogens (tertiary/aromatic N) is 1. The third-order valence-corrected chi connectivity index (χ3v) is 2.30. The molecule has 0 atom stereocenters. The maximum atomic E-state index is 11.6. The van der Waals surface area contributed by atoms with Crippen LogP contribution in [0.1, 0.15) is 5.56 Å². The smallest absolute Gasteiger partial charge is 0.331 e. The fourth-order valence-corrected chi connectivity index (χ4v) is 1.45. The molecule has 1 aromatic carbocycles. The van der Waals surface area contributed by atoms with E-state index in [1.807, 2.05) is 30.3 Å². The van der Waals surface area contributed by atoms with Crippen LogP contribution in [0.3, 0.4) is 0 Å². The SMILES string of the molecule is O=C1C=CC(=O)N1C(=O)NCc1ccccc1. The summed E-state index contributed by atoms with van der Waals surface area (Å²) in [5.74, 6) is -1.22. The van der Waals surface area contributed by atoms with E-state index in [9.17, 15) is 14.4 Å². The lowest BCUT2D eigenvalue weighted by atomic mass is 10.2. The van der Waals surface area contributed by atoms with Crippen LogP contribution in [0.2, 0.25) is 0 Å². The van der Waals surface area contributed by atoms with E-state index in [4.69, 9.17) is 0 Å². The summed E-state index contributed by atoms with van der Waals surface area (Å²) in [7, 11) is 0. The number of hydrogen-bond acceptors (Lipinski definition) is 3. The monoisotopic (exact) mass is 230 g/mol. The van der Waals surface area contributed by atoms with E-state index in [1.54, 1.807) is 0 Å². The molecule has 17 heavy (non-hydrogen) atoms. The van der Waals surface area contributed by atoms with Crippen molar-refractivity contribution in [3.8, 4) is 0 Å². The first kappa shape index (κ1) is 11.1. The number of rotatable bonds is 2. The number of carbonyl (C=O) groups excluding carboxylic acids is 3. The van der Waals surface area contributed by atoms with E-state index >= 15 is 0 Å². The van der Waals surface area contributed by atoms with Crippen LogP contribution in [-0.2, 0) is 16.1 Å². The Morgan fingerprint density at radius 3 is 2.24 bits per heavy atom. The van der Waals surface area contributed by atoms with Gasteiger partial charge in [0.1, 0.15) is 0 Å². The molecule has 0 fully saturated rings. The van der Waals surface area contributed by atoms with Crippen LogP contribution in [0.5, 0.6) is 0 Å². The van der Waals surface area contributed by atoms with Crippen molar-refractivity contribution in [2.75, 3.05) is 0 Å². The Labute approximate surface area is 97.7 Å². The van der Waals surface area contributed by atoms with Crippen molar-refractivity contribution in [3.63, 3.8) is 0 Å². The summed E-state index contributed by atoms with van der Waals surface area (Å²) in [5.41, 5.74) is 0.896. The Morgan fingerprint density at radius 1 is 1.06 bits per heavy atom. The second-order valence-electron chi connectivity index (χ2n) is 3.49. The van der Waals surface area contributed by atoms with E-state index in [-0.39, 0.29) is 6.54 Å². The first-order valence-corrected chi connectivity index (χ1v) is 5.06. The molecule has 5 heteroatoms. The molecule has 1 aliphatic rings. The number of hydrogen-bond donors (Lipinski definition) is 1. The van der Waals surface area contributed by atoms with Gasteiger partial charge in [-0.15, -0.1) is 0 Å². The van der Waals surface area contributed by atoms with Gasteiger partial charge < -0.3 is 5.32 Å². The Hall–Kier alpha value is -2.43. The predicted octanol–water partition coefficient (Wildman–Crippen LogP) is 0.821. The second kappa shape index (κ2) is 4.61. The zero-order valence-corrected chi connectivity index (χ0v) is 8.92. The number of benzene rings is 1. The van der Waals surface area contributed by atoms with Gasteiger partial charge in [-0.05, 0) is 5.56 Å². The third kappa shape index (κ3) is 2.39. The molecule has 1 N–H and O–H groups in total. The second-order valence-corrected chi connectivity index (χ2v) is 3.49. The molecule has 86 valence electrons. The molecule has 0 aromatic heterocycles. The normalized spacial score (nSPS) is 14.2. The van der Waals surface area contributed by atoms with E-state index in [0.717, 1.165) is 17.7 Å². The number of imide groups is 3. The van der Waals surface area contributed by atoms with Gasteiger partial charge in [0.05, 0.1) is 0 Å². The van der Waals surface area contributed by atoms with Gasteiger partial charge >= 0.3 is 6.03 Å². The summed E-state index contributed by atoms with van der Waals surface area (Å²) < 4.78 is 0. The molecule has 0 saturated heterocycles. The lowest BCUT2D eigenvalue weighted by Crippen LogP contribution is -2.43. The van der Waals surface area contributed by atoms with Gasteiger partial charge in [0, 0.05) is 18.7 Å². The maximum Gasteiger partial charge on any atom is 0.331 e. The molecule has 2 rings (SSSR count). The van der Waals surface area contributed by atoms with Crippen molar-refractivity contribution in [1.82, 2.24) is 10.2 Å². The topological polar surface area (TPSA) is 66.5 Å². The molecule has 0 saturated carbocycles. The quantitative estimate of drug-likeness (QED) is 0.765. The minimum atomic E-state index is -0.700. The molecule has 5 nitrogen and oxygen atoms in total. The van der Waals surface area contributed by atoms with E-state index < -0.39 is 17.8 Å². The summed E-state index contributed by atoms with van der Waals surface area (Å²) in [6, 6.07) is 8.53. The van der Waals surface area contributed by atoms with Crippen molar-refractivity contribution in [1.29, 1.82) is 0 Å². The van der Waals surface area contributed by atoms with E-state index in [1.165, 1.54) is 0 Å². The molecule has 1 heterocycles. The zero-order chi connectivity index (χ0) is 12.3. The Morgan fingerprint density at radius 2 is 1.65 bits per heavy atom. The van der Waals surface area contributed by atoms with Crippen LogP contribution in [0, 0.1) is 0 Å². The van der Waals surface area contributed by atoms with Gasteiger partial charge in [-0.25, -0.2) is 4.79 Å². The molecule has 1 aromatic rings. The summed E-state index contributed by atoms with van der Waals surface area (Å²) in [6.07, 6.45) is 2.15. The molecule has 0 radical (unpaired) electrons. The third-order valence-electron chi connectivity index (χ3n) is 2.30. The molecule has 1 aliphatic heterocycles. The van der Waals surface area contributed by atoms with Gasteiger partial charge in [0.25, 0.3) is 11.8 Å². The minimum absolute atomic E-state index is 0.275. The first-order chi connectivity index (χ1) is 8.18. The Bertz CT molecular complexity index is 476. The summed E-state index contributed by atoms with van der Waals surface area (Å²) in [4.78, 5) is 34.5. The summed E-state index contributed by atoms with van der Waals surface area (Å²) >= 11 is 0. The summed E-state index contributed by atoms with van der Waals surface area (Å²) in [6.45, 7) is 0.275. The fraction of sp³-hybridized carbons (Fsp3) is 0.0833. The molecule has 0 bridgehead atoms. The minimum Gasteiger partial charge on any atom is -0.333 e. The highest BCUT2D eigenvalue weighted by Crippen LogP contribution is 2.04. The van der Waals surface area contributed by atoms with Gasteiger partial charge in [0.2, 0.25) is 0 Å². The van der Waals surface area contributed by atoms with Crippen molar-refractivity contribution < 1.29 is 14.4 Å². The van der Waals surface area contributed by atoms with Crippen molar-refractivity contribution >= 4 is 17.8 Å². The lowest BCUT2D eigenvalue weighted by molar-refractivity contribution is -0.133. The highest BCUT2D eigenvalue weighted by Gasteiger charge is 2.29. The molecular weight excluding hydrogens is 220 g/mol. The highest BCUT2D eigenvalue weighted by molar-refractivity contribution is 6.22. The molecular formula is C12H10N2O3. The predicted molar refractivity (Wildman–Crippen MR) is 59.7 cm³/mol. The van der Waals surface area contributed by atoms with Crippen LogP contribution in [-0.4, -0.2) is 22.7 Å². The molecule has 4 amide bonds. The van der Waals surface area contributed by atoms with Gasteiger partial charge in [-0.2, -0.15) is 4.90 Å². The fourth-order valence-electron chi connectivity index (χ4n) is 1.45. The van der Waals surface area contributed by atoms with E-state index in [2.05, 4.69) is 5.32 Å². The zero-order valence-electron chi connectivity index (χ0n) is 8.92. The van der Waals surface area contributed by atoms with Gasteiger partial charge in [-0.3, -0.25) is 9.59 Å². The largest absolute Gasteiger partial charge is 0.333 e. The van der Waals surface area contributed by atoms with Crippen molar-refractivity contribution in [2.24, 2.45) is 0 Å². The Balaban J connectivity index is 1.95. The van der Waals surface area contributed by atoms with Crippen LogP contribution in [0.4, 0.5) is 4.79 Å². The number of amides is 4. The van der Waals surface area contributed by atoms with Gasteiger partial charge in [0.15, 0.2) is 0 Å². The summed E-state index contributed by atoms with van der Waals surface area (Å²) in [5, 5.41) is 2.51. The number of carbonyl (C=O) groups is 3. The molecule has 0 spiro atoms. The number of nitrogens with one attached hydrogen (secondary N) is 1. The molecule has 0 aliphatic carbocycles. The van der Waals surface area contributed by atoms with E-state index in [0.29, 0.717) is 4.90 Å². The maximum absolute atomic E-state index is 11.6. The molecule has 0 unspecified atom stereocenters. The average Bonchev–Trinajstić information content (AvgIpc) is 2.67. The first-order valence-electron chi connectivity index (χ1n) is 5.06. The number of urea groups is 1. The highest BCUT2D eigenvalue weighted by atomic mass is 16.2. The standard InChI is InChI=1S/C12H10N2O3/c15-10-6-7-11(16)14(10)12(17)13-8-9-4-2-1-3-5-9/h1-7H,8H2,(H,13,17). The van der Waals surface area contributed by atoms with Crippen LogP contribution >= 0.6 is 0 Å². The van der Waals surface area contributed by atoms with Crippen LogP contribution in [0.15, 0.2) is 42.5 Å². The van der Waals surface area contributed by atoms with Crippen LogP contribution in [0.25, 0.3) is 0 Å². The lowest BCUT2D eigenvalue weighted by Gasteiger charge is -2.12. The van der Waals surface area contributed by atoms with Gasteiger partial charge in [-0.1, -0.05) is 30.3 Å². The Kier molecular flexibility index (Phi) is 3.00. The van der Waals surface area contributed by atoms with Crippen LogP contribution < -0.4 is 5.32 Å². The van der Waals surface area contributed by atoms with Crippen molar-refractivity contribution in [3.05, 3.63) is 48.0 Å². The average molecular weight is 230 g/mol.